The van der Waals surface area contributed by atoms with Crippen molar-refractivity contribution in [2.45, 2.75) is 32.4 Å². The number of aromatic nitrogens is 1. The van der Waals surface area contributed by atoms with E-state index in [1.54, 1.807) is 0 Å². The van der Waals surface area contributed by atoms with Crippen molar-refractivity contribution in [3.8, 4) is 16.3 Å². The number of rotatable bonds is 5. The lowest BCUT2D eigenvalue weighted by Crippen LogP contribution is -2.36. The molecule has 0 saturated carbocycles. The van der Waals surface area contributed by atoms with Gasteiger partial charge < -0.3 is 15.4 Å². The smallest absolute Gasteiger partial charge is 0.271 e. The number of amides is 1. The highest BCUT2D eigenvalue weighted by atomic mass is 35.5. The molecule has 1 atom stereocenters. The number of nitrogens with zero attached hydrogens (tertiary/aromatic N) is 1. The molecule has 1 unspecified atom stereocenters. The number of hydrogen-bond acceptors (Lipinski definition) is 5. The minimum absolute atomic E-state index is 0. The number of benzene rings is 1. The van der Waals surface area contributed by atoms with E-state index < -0.39 is 0 Å². The number of thiazole rings is 1. The zero-order chi connectivity index (χ0) is 16.2. The predicted octanol–water partition coefficient (Wildman–Crippen LogP) is 3.11. The van der Waals surface area contributed by atoms with Gasteiger partial charge in [0.2, 0.25) is 0 Å². The molecular formula is C17H22ClN3O2S. The minimum Gasteiger partial charge on any atom is -0.491 e. The van der Waals surface area contributed by atoms with Crippen molar-refractivity contribution in [2.75, 3.05) is 13.1 Å². The molecule has 1 aromatic carbocycles. The van der Waals surface area contributed by atoms with Gasteiger partial charge in [-0.25, -0.2) is 4.98 Å². The van der Waals surface area contributed by atoms with Crippen LogP contribution in [0.3, 0.4) is 0 Å². The molecule has 0 radical (unpaired) electrons. The van der Waals surface area contributed by atoms with Gasteiger partial charge in [0.25, 0.3) is 5.91 Å². The van der Waals surface area contributed by atoms with E-state index in [0.717, 1.165) is 35.8 Å². The van der Waals surface area contributed by atoms with Gasteiger partial charge in [-0.05, 0) is 51.1 Å². The number of nitrogens with one attached hydrogen (secondary N) is 2. The minimum atomic E-state index is -0.0963. The summed E-state index contributed by atoms with van der Waals surface area (Å²) >= 11 is 1.48. The number of ether oxygens (including phenoxy) is 1. The molecule has 1 aliphatic heterocycles. The Labute approximate surface area is 152 Å². The Morgan fingerprint density at radius 1 is 1.38 bits per heavy atom. The highest BCUT2D eigenvalue weighted by molar-refractivity contribution is 7.13. The summed E-state index contributed by atoms with van der Waals surface area (Å²) in [7, 11) is 0. The Kier molecular flexibility index (Phi) is 6.60. The highest BCUT2D eigenvalue weighted by Crippen LogP contribution is 2.26. The molecule has 0 bridgehead atoms. The second-order valence-corrected chi connectivity index (χ2v) is 6.75. The third-order valence-electron chi connectivity index (χ3n) is 3.61. The molecule has 2 aromatic rings. The lowest BCUT2D eigenvalue weighted by Gasteiger charge is -2.09. The number of carbonyl (C=O) groups excluding carboxylic acids is 1. The van der Waals surface area contributed by atoms with Gasteiger partial charge in [-0.2, -0.15) is 0 Å². The van der Waals surface area contributed by atoms with Crippen LogP contribution < -0.4 is 15.4 Å². The van der Waals surface area contributed by atoms with Crippen LogP contribution in [0.1, 0.15) is 30.8 Å². The summed E-state index contributed by atoms with van der Waals surface area (Å²) in [5.41, 5.74) is 1.48. The SMILES string of the molecule is CC(C)Oc1ccc(-c2nc(C(=O)NC3CCNC3)cs2)cc1.Cl. The zero-order valence-corrected chi connectivity index (χ0v) is 15.4. The van der Waals surface area contributed by atoms with E-state index in [4.69, 9.17) is 4.74 Å². The summed E-state index contributed by atoms with van der Waals surface area (Å²) in [4.78, 5) is 16.7. The quantitative estimate of drug-likeness (QED) is 0.852. The third kappa shape index (κ3) is 4.69. The van der Waals surface area contributed by atoms with Crippen molar-refractivity contribution in [3.63, 3.8) is 0 Å². The Balaban J connectivity index is 0.00000208. The van der Waals surface area contributed by atoms with Crippen LogP contribution in [0, 0.1) is 0 Å². The first kappa shape index (κ1) is 18.7. The lowest BCUT2D eigenvalue weighted by molar-refractivity contribution is 0.0936. The first-order valence-corrected chi connectivity index (χ1v) is 8.74. The van der Waals surface area contributed by atoms with Crippen molar-refractivity contribution in [1.29, 1.82) is 0 Å². The van der Waals surface area contributed by atoms with E-state index >= 15 is 0 Å². The maximum absolute atomic E-state index is 12.2. The van der Waals surface area contributed by atoms with Crippen molar-refractivity contribution in [2.24, 2.45) is 0 Å². The molecule has 2 heterocycles. The van der Waals surface area contributed by atoms with Crippen LogP contribution in [0.15, 0.2) is 29.6 Å². The number of halogens is 1. The van der Waals surface area contributed by atoms with Gasteiger partial charge in [0.15, 0.2) is 0 Å². The Morgan fingerprint density at radius 2 is 2.12 bits per heavy atom. The second kappa shape index (κ2) is 8.46. The molecule has 1 aromatic heterocycles. The molecule has 1 amide bonds. The molecule has 7 heteroatoms. The summed E-state index contributed by atoms with van der Waals surface area (Å²) in [6.07, 6.45) is 1.13. The fraction of sp³-hybridized carbons (Fsp3) is 0.412. The van der Waals surface area contributed by atoms with Crippen LogP contribution in [0.5, 0.6) is 5.75 Å². The predicted molar refractivity (Wildman–Crippen MR) is 99.3 cm³/mol. The molecular weight excluding hydrogens is 346 g/mol. The van der Waals surface area contributed by atoms with Gasteiger partial charge in [-0.15, -0.1) is 23.7 Å². The summed E-state index contributed by atoms with van der Waals surface area (Å²) in [5.74, 6) is 0.743. The molecule has 5 nitrogen and oxygen atoms in total. The Hall–Kier alpha value is -1.63. The van der Waals surface area contributed by atoms with Crippen molar-refractivity contribution < 1.29 is 9.53 Å². The lowest BCUT2D eigenvalue weighted by atomic mass is 10.2. The van der Waals surface area contributed by atoms with Gasteiger partial charge >= 0.3 is 0 Å². The summed E-state index contributed by atoms with van der Waals surface area (Å²) in [6, 6.07) is 8.01. The first-order chi connectivity index (χ1) is 11.1. The standard InChI is InChI=1S/C17H21N3O2S.ClH/c1-11(2)22-14-5-3-12(4-6-14)17-20-15(10-23-17)16(21)19-13-7-8-18-9-13;/h3-6,10-11,13,18H,7-9H2,1-2H3,(H,19,21);1H. The van der Waals surface area contributed by atoms with Crippen molar-refractivity contribution in [1.82, 2.24) is 15.6 Å². The normalized spacial score (nSPS) is 16.7. The van der Waals surface area contributed by atoms with Crippen molar-refractivity contribution in [3.05, 3.63) is 35.3 Å². The monoisotopic (exact) mass is 367 g/mol. The van der Waals surface area contributed by atoms with E-state index in [0.29, 0.717) is 5.69 Å². The van der Waals surface area contributed by atoms with Crippen LogP contribution in [-0.4, -0.2) is 36.1 Å². The van der Waals surface area contributed by atoms with Gasteiger partial charge in [0, 0.05) is 23.5 Å². The summed E-state index contributed by atoms with van der Waals surface area (Å²) in [5, 5.41) is 8.90. The van der Waals surface area contributed by atoms with Crippen LogP contribution >= 0.6 is 23.7 Å². The van der Waals surface area contributed by atoms with Crippen molar-refractivity contribution >= 4 is 29.7 Å². The zero-order valence-electron chi connectivity index (χ0n) is 13.7. The Morgan fingerprint density at radius 3 is 2.75 bits per heavy atom. The number of hydrogen-bond donors (Lipinski definition) is 2. The van der Waals surface area contributed by atoms with Gasteiger partial charge in [-0.3, -0.25) is 4.79 Å². The molecule has 1 fully saturated rings. The number of carbonyl (C=O) groups is 1. The largest absolute Gasteiger partial charge is 0.491 e. The van der Waals surface area contributed by atoms with Crippen LogP contribution in [0.2, 0.25) is 0 Å². The van der Waals surface area contributed by atoms with Crippen LogP contribution in [-0.2, 0) is 0 Å². The molecule has 0 spiro atoms. The van der Waals surface area contributed by atoms with Gasteiger partial charge in [-0.1, -0.05) is 0 Å². The highest BCUT2D eigenvalue weighted by Gasteiger charge is 2.19. The summed E-state index contributed by atoms with van der Waals surface area (Å²) < 4.78 is 5.64. The second-order valence-electron chi connectivity index (χ2n) is 5.89. The molecule has 130 valence electrons. The van der Waals surface area contributed by atoms with Crippen LogP contribution in [0.25, 0.3) is 10.6 Å². The average molecular weight is 368 g/mol. The van der Waals surface area contributed by atoms with Gasteiger partial charge in [0.1, 0.15) is 16.5 Å². The van der Waals surface area contributed by atoms with E-state index in [1.165, 1.54) is 11.3 Å². The maximum atomic E-state index is 12.2. The third-order valence-corrected chi connectivity index (χ3v) is 4.50. The molecule has 1 aliphatic rings. The first-order valence-electron chi connectivity index (χ1n) is 7.86. The molecule has 1 saturated heterocycles. The average Bonchev–Trinajstić information content (AvgIpc) is 3.18. The van der Waals surface area contributed by atoms with E-state index in [1.807, 2.05) is 43.5 Å². The van der Waals surface area contributed by atoms with E-state index in [-0.39, 0.29) is 30.5 Å². The van der Waals surface area contributed by atoms with E-state index in [2.05, 4.69) is 15.6 Å². The van der Waals surface area contributed by atoms with Gasteiger partial charge in [0.05, 0.1) is 6.10 Å². The maximum Gasteiger partial charge on any atom is 0.271 e. The molecule has 2 N–H and O–H groups in total. The fourth-order valence-electron chi connectivity index (χ4n) is 2.50. The van der Waals surface area contributed by atoms with E-state index in [9.17, 15) is 4.79 Å². The molecule has 24 heavy (non-hydrogen) atoms. The topological polar surface area (TPSA) is 63.2 Å². The van der Waals surface area contributed by atoms with Crippen LogP contribution in [0.4, 0.5) is 0 Å². The fourth-order valence-corrected chi connectivity index (χ4v) is 3.30. The molecule has 0 aliphatic carbocycles. The molecule has 3 rings (SSSR count). The summed E-state index contributed by atoms with van der Waals surface area (Å²) in [6.45, 7) is 5.79. The Bertz CT molecular complexity index is 667.